The molecule has 0 N–H and O–H groups in total. The summed E-state index contributed by atoms with van der Waals surface area (Å²) in [6.07, 6.45) is -12.5. The predicted molar refractivity (Wildman–Crippen MR) is 44.8 cm³/mol. The van der Waals surface area contributed by atoms with Crippen LogP contribution in [0.1, 0.15) is 0 Å². The standard InChI is InChI=1S/C6H3F8IO3.Na/c7-3(8,1-15)6(13,14)18-4(9,2(16)17)5(10,11)12;/h1H2,(H,16,17);/q;+1/p-1. The second kappa shape index (κ2) is 6.58. The third kappa shape index (κ3) is 4.54. The molecule has 0 aromatic carbocycles. The van der Waals surface area contributed by atoms with Crippen molar-refractivity contribution in [3.8, 4) is 0 Å². The van der Waals surface area contributed by atoms with E-state index in [0.717, 1.165) is 0 Å². The second-order valence-corrected chi connectivity index (χ2v) is 3.60. The second-order valence-electron chi connectivity index (χ2n) is 2.84. The molecule has 0 aliphatic heterocycles. The van der Waals surface area contributed by atoms with Gasteiger partial charge in [0.1, 0.15) is 5.97 Å². The molecule has 13 heteroatoms. The van der Waals surface area contributed by atoms with Gasteiger partial charge in [-0.2, -0.15) is 35.1 Å². The van der Waals surface area contributed by atoms with Crippen LogP contribution >= 0.6 is 22.6 Å². The number of aliphatic carboxylic acids is 1. The first kappa shape index (κ1) is 21.9. The van der Waals surface area contributed by atoms with Crippen molar-refractivity contribution in [2.45, 2.75) is 24.1 Å². The molecule has 0 radical (unpaired) electrons. The molecule has 0 heterocycles. The molecule has 0 fully saturated rings. The Balaban J connectivity index is 0. The predicted octanol–water partition coefficient (Wildman–Crippen LogP) is -1.35. The minimum absolute atomic E-state index is 0. The minimum atomic E-state index is -6.52. The van der Waals surface area contributed by atoms with Crippen molar-refractivity contribution < 1.29 is 79.3 Å². The summed E-state index contributed by atoms with van der Waals surface area (Å²) in [6, 6.07) is 0. The molecule has 0 aliphatic rings. The van der Waals surface area contributed by atoms with E-state index in [9.17, 15) is 45.0 Å². The zero-order valence-electron chi connectivity index (χ0n) is 8.83. The van der Waals surface area contributed by atoms with Crippen LogP contribution in [0.3, 0.4) is 0 Å². The smallest absolute Gasteiger partial charge is 0.544 e. The summed E-state index contributed by atoms with van der Waals surface area (Å²) in [4.78, 5) is 9.85. The molecule has 0 bridgehead atoms. The third-order valence-corrected chi connectivity index (χ3v) is 2.45. The Bertz CT molecular complexity index is 335. The number of hydrogen-bond donors (Lipinski definition) is 0. The van der Waals surface area contributed by atoms with Gasteiger partial charge in [-0.05, 0) is 0 Å². The molecular weight excluding hydrogens is 422 g/mol. The Kier molecular flexibility index (Phi) is 7.58. The Morgan fingerprint density at radius 3 is 1.63 bits per heavy atom. The van der Waals surface area contributed by atoms with Gasteiger partial charge < -0.3 is 9.90 Å². The van der Waals surface area contributed by atoms with E-state index < -0.39 is 34.5 Å². The molecule has 0 aliphatic carbocycles. The van der Waals surface area contributed by atoms with Crippen molar-refractivity contribution in [2.75, 3.05) is 4.43 Å². The van der Waals surface area contributed by atoms with Crippen LogP contribution in [-0.4, -0.2) is 34.5 Å². The summed E-state index contributed by atoms with van der Waals surface area (Å²) >= 11 is 0.668. The molecule has 1 atom stereocenters. The molecule has 0 amide bonds. The van der Waals surface area contributed by atoms with E-state index in [2.05, 4.69) is 4.74 Å². The van der Waals surface area contributed by atoms with Crippen LogP contribution in [-0.2, 0) is 9.53 Å². The normalized spacial score (nSPS) is 16.5. The number of carboxylic acids is 1. The van der Waals surface area contributed by atoms with Crippen LogP contribution in [0.25, 0.3) is 0 Å². The first-order valence-corrected chi connectivity index (χ1v) is 5.22. The van der Waals surface area contributed by atoms with Gasteiger partial charge in [0.15, 0.2) is 0 Å². The van der Waals surface area contributed by atoms with Gasteiger partial charge >= 0.3 is 53.6 Å². The summed E-state index contributed by atoms with van der Waals surface area (Å²) in [5.74, 6) is -15.0. The van der Waals surface area contributed by atoms with E-state index in [1.165, 1.54) is 0 Å². The maximum Gasteiger partial charge on any atom is 1.00 e. The number of rotatable bonds is 5. The Morgan fingerprint density at radius 2 is 1.42 bits per heavy atom. The fourth-order valence-electron chi connectivity index (χ4n) is 0.544. The van der Waals surface area contributed by atoms with Gasteiger partial charge in [0.05, 0.1) is 4.43 Å². The summed E-state index contributed by atoms with van der Waals surface area (Å²) in [6.45, 7) is 0. The molecule has 0 saturated heterocycles. The van der Waals surface area contributed by atoms with Gasteiger partial charge in [0.2, 0.25) is 0 Å². The zero-order valence-corrected chi connectivity index (χ0v) is 13.0. The van der Waals surface area contributed by atoms with Gasteiger partial charge in [0, 0.05) is 0 Å². The van der Waals surface area contributed by atoms with Gasteiger partial charge in [-0.1, -0.05) is 22.6 Å². The van der Waals surface area contributed by atoms with Crippen LogP contribution in [0, 0.1) is 0 Å². The molecule has 0 rings (SSSR count). The summed E-state index contributed by atoms with van der Waals surface area (Å²) in [7, 11) is 0. The Labute approximate surface area is 136 Å². The number of alkyl halides is 9. The molecule has 0 aromatic rings. The monoisotopic (exact) mass is 424 g/mol. The number of carbonyl (C=O) groups excluding carboxylic acids is 1. The molecule has 3 nitrogen and oxygen atoms in total. The molecule has 0 aromatic heterocycles. The van der Waals surface area contributed by atoms with E-state index in [0.29, 0.717) is 22.6 Å². The third-order valence-electron chi connectivity index (χ3n) is 1.49. The molecule has 1 unspecified atom stereocenters. The summed E-state index contributed by atoms with van der Waals surface area (Å²) in [5, 5.41) is 9.85. The largest absolute Gasteiger partial charge is 1.00 e. The van der Waals surface area contributed by atoms with E-state index in [4.69, 9.17) is 0 Å². The van der Waals surface area contributed by atoms with Gasteiger partial charge in [-0.3, -0.25) is 4.74 Å². The fourth-order valence-corrected chi connectivity index (χ4v) is 0.988. The average Bonchev–Trinajstić information content (AvgIpc) is 2.14. The molecule has 19 heavy (non-hydrogen) atoms. The topological polar surface area (TPSA) is 49.4 Å². The van der Waals surface area contributed by atoms with Crippen LogP contribution in [0.4, 0.5) is 35.1 Å². The van der Waals surface area contributed by atoms with Crippen molar-refractivity contribution in [1.29, 1.82) is 0 Å². The quantitative estimate of drug-likeness (QED) is 0.238. The minimum Gasteiger partial charge on any atom is -0.544 e. The summed E-state index contributed by atoms with van der Waals surface area (Å²) < 4.78 is 98.9. The van der Waals surface area contributed by atoms with Crippen LogP contribution in [0.15, 0.2) is 0 Å². The average molecular weight is 424 g/mol. The molecular formula is C6H2F8INaO3. The number of hydrogen-bond acceptors (Lipinski definition) is 3. The Morgan fingerprint density at radius 1 is 1.05 bits per heavy atom. The van der Waals surface area contributed by atoms with Crippen LogP contribution < -0.4 is 34.7 Å². The van der Waals surface area contributed by atoms with E-state index in [1.54, 1.807) is 0 Å². The number of carbonyl (C=O) groups is 1. The molecule has 108 valence electrons. The zero-order chi connectivity index (χ0) is 15.0. The molecule has 0 saturated carbocycles. The van der Waals surface area contributed by atoms with E-state index >= 15 is 0 Å². The van der Waals surface area contributed by atoms with Gasteiger partial charge in [-0.25, -0.2) is 0 Å². The van der Waals surface area contributed by atoms with Gasteiger partial charge in [-0.15, -0.1) is 0 Å². The summed E-state index contributed by atoms with van der Waals surface area (Å²) in [5.41, 5.74) is 0. The first-order chi connectivity index (χ1) is 7.71. The maximum atomic E-state index is 12.8. The number of ether oxygens (including phenoxy) is 1. The van der Waals surface area contributed by atoms with E-state index in [1.807, 2.05) is 0 Å². The van der Waals surface area contributed by atoms with Crippen molar-refractivity contribution in [3.63, 3.8) is 0 Å². The SMILES string of the molecule is O=C([O-])C(F)(OC(F)(F)C(F)(F)CI)C(F)(F)F.[Na+]. The van der Waals surface area contributed by atoms with Crippen LogP contribution in [0.5, 0.6) is 0 Å². The first-order valence-electron chi connectivity index (χ1n) is 3.70. The fraction of sp³-hybridized carbons (Fsp3) is 0.833. The van der Waals surface area contributed by atoms with Crippen LogP contribution in [0.2, 0.25) is 0 Å². The molecule has 0 spiro atoms. The number of halogens is 9. The van der Waals surface area contributed by atoms with Crippen molar-refractivity contribution in [2.24, 2.45) is 0 Å². The maximum absolute atomic E-state index is 12.8. The van der Waals surface area contributed by atoms with Gasteiger partial charge in [0.25, 0.3) is 0 Å². The van der Waals surface area contributed by atoms with E-state index in [-0.39, 0.29) is 29.6 Å². The van der Waals surface area contributed by atoms with Crippen molar-refractivity contribution in [1.82, 2.24) is 0 Å². The van der Waals surface area contributed by atoms with Crippen molar-refractivity contribution in [3.05, 3.63) is 0 Å². The Hall–Kier alpha value is 0.600. The number of carboxylic acid groups (broad SMARTS) is 1. The van der Waals surface area contributed by atoms with Crippen molar-refractivity contribution >= 4 is 28.6 Å².